The van der Waals surface area contributed by atoms with E-state index in [-0.39, 0.29) is 18.0 Å². The molecule has 0 spiro atoms. The van der Waals surface area contributed by atoms with E-state index in [2.05, 4.69) is 17.7 Å². The molecule has 6 heteroatoms. The smallest absolute Gasteiger partial charge is 0.240 e. The van der Waals surface area contributed by atoms with Crippen LogP contribution in [-0.4, -0.2) is 28.2 Å². The minimum absolute atomic E-state index is 0.198. The quantitative estimate of drug-likeness (QED) is 0.639. The van der Waals surface area contributed by atoms with Crippen molar-refractivity contribution < 1.29 is 17.9 Å². The fourth-order valence-corrected chi connectivity index (χ4v) is 3.51. The lowest BCUT2D eigenvalue weighted by atomic mass is 10.1. The van der Waals surface area contributed by atoms with E-state index >= 15 is 0 Å². The van der Waals surface area contributed by atoms with Crippen molar-refractivity contribution in [2.75, 3.05) is 19.8 Å². The first-order valence-corrected chi connectivity index (χ1v) is 10.3. The lowest BCUT2D eigenvalue weighted by Gasteiger charge is -2.10. The molecule has 0 aromatic heterocycles. The average molecular weight is 378 g/mol. The monoisotopic (exact) mass is 377 g/mol. The normalized spacial score (nSPS) is 11.3. The van der Waals surface area contributed by atoms with E-state index in [1.807, 2.05) is 26.0 Å². The second kappa shape index (κ2) is 9.59. The first kappa shape index (κ1) is 20.3. The van der Waals surface area contributed by atoms with Crippen LogP contribution in [0.25, 0.3) is 0 Å². The summed E-state index contributed by atoms with van der Waals surface area (Å²) >= 11 is 0. The maximum absolute atomic E-state index is 12.3. The maximum atomic E-state index is 12.3. The number of hydrogen-bond donors (Lipinski definition) is 1. The van der Waals surface area contributed by atoms with Gasteiger partial charge in [0.1, 0.15) is 18.1 Å². The Kier molecular flexibility index (Phi) is 7.48. The van der Waals surface area contributed by atoms with Crippen molar-refractivity contribution in [3.05, 3.63) is 53.6 Å². The standard InChI is InChI=1S/C20H27NO4S/c1-4-5-11-24-18-6-8-20(9-7-18)26(22,23)21-10-12-25-19-14-16(2)13-17(3)15-19/h6-9,13-15,21H,4-5,10-12H2,1-3H3. The number of unbranched alkanes of at least 4 members (excludes halogenated alkanes) is 1. The number of hydrogen-bond acceptors (Lipinski definition) is 4. The molecule has 0 amide bonds. The molecule has 0 aliphatic carbocycles. The van der Waals surface area contributed by atoms with Crippen molar-refractivity contribution in [2.24, 2.45) is 0 Å². The van der Waals surface area contributed by atoms with Gasteiger partial charge in [0.2, 0.25) is 10.0 Å². The van der Waals surface area contributed by atoms with Gasteiger partial charge >= 0.3 is 0 Å². The number of aryl methyl sites for hydroxylation is 2. The van der Waals surface area contributed by atoms with Gasteiger partial charge in [-0.15, -0.1) is 0 Å². The fourth-order valence-electron chi connectivity index (χ4n) is 2.49. The third kappa shape index (κ3) is 6.35. The topological polar surface area (TPSA) is 64.6 Å². The maximum Gasteiger partial charge on any atom is 0.240 e. The molecule has 142 valence electrons. The summed E-state index contributed by atoms with van der Waals surface area (Å²) in [4.78, 5) is 0.215. The van der Waals surface area contributed by atoms with Gasteiger partial charge in [-0.25, -0.2) is 13.1 Å². The predicted octanol–water partition coefficient (Wildman–Crippen LogP) is 3.84. The summed E-state index contributed by atoms with van der Waals surface area (Å²) in [5.74, 6) is 1.42. The van der Waals surface area contributed by atoms with Crippen molar-refractivity contribution in [2.45, 2.75) is 38.5 Å². The van der Waals surface area contributed by atoms with Crippen molar-refractivity contribution >= 4 is 10.0 Å². The Bertz CT molecular complexity index is 781. The molecule has 0 saturated carbocycles. The van der Waals surface area contributed by atoms with Crippen LogP contribution in [0.15, 0.2) is 47.4 Å². The van der Waals surface area contributed by atoms with Gasteiger partial charge < -0.3 is 9.47 Å². The van der Waals surface area contributed by atoms with Gasteiger partial charge in [-0.1, -0.05) is 19.4 Å². The van der Waals surface area contributed by atoms with Crippen LogP contribution >= 0.6 is 0 Å². The molecule has 1 N–H and O–H groups in total. The molecule has 0 atom stereocenters. The summed E-state index contributed by atoms with van der Waals surface area (Å²) in [5.41, 5.74) is 2.23. The number of rotatable bonds is 10. The Balaban J connectivity index is 1.84. The number of ether oxygens (including phenoxy) is 2. The van der Waals surface area contributed by atoms with E-state index in [0.717, 1.165) is 29.7 Å². The SMILES string of the molecule is CCCCOc1ccc(S(=O)(=O)NCCOc2cc(C)cc(C)c2)cc1. The summed E-state index contributed by atoms with van der Waals surface area (Å²) in [5, 5.41) is 0. The summed E-state index contributed by atoms with van der Waals surface area (Å²) in [6.07, 6.45) is 2.03. The Labute approximate surface area is 156 Å². The number of nitrogens with one attached hydrogen (secondary N) is 1. The van der Waals surface area contributed by atoms with Crippen LogP contribution in [0.1, 0.15) is 30.9 Å². The molecule has 2 aromatic carbocycles. The summed E-state index contributed by atoms with van der Waals surface area (Å²) < 4.78 is 38.4. The molecule has 0 saturated heterocycles. The third-order valence-corrected chi connectivity index (χ3v) is 5.24. The molecule has 0 unspecified atom stereocenters. The first-order chi connectivity index (χ1) is 12.4. The average Bonchev–Trinajstić information content (AvgIpc) is 2.59. The second-order valence-electron chi connectivity index (χ2n) is 6.24. The van der Waals surface area contributed by atoms with Gasteiger partial charge in [0.15, 0.2) is 0 Å². The van der Waals surface area contributed by atoms with Crippen LogP contribution in [0, 0.1) is 13.8 Å². The summed E-state index contributed by atoms with van der Waals surface area (Å²) in [6.45, 7) is 7.19. The fraction of sp³-hybridized carbons (Fsp3) is 0.400. The molecule has 2 aromatic rings. The minimum Gasteiger partial charge on any atom is -0.494 e. The highest BCUT2D eigenvalue weighted by Crippen LogP contribution is 2.17. The van der Waals surface area contributed by atoms with Gasteiger partial charge in [-0.2, -0.15) is 0 Å². The lowest BCUT2D eigenvalue weighted by molar-refractivity contribution is 0.309. The van der Waals surface area contributed by atoms with E-state index in [1.165, 1.54) is 0 Å². The Morgan fingerprint density at radius 3 is 2.12 bits per heavy atom. The van der Waals surface area contributed by atoms with E-state index in [1.54, 1.807) is 24.3 Å². The minimum atomic E-state index is -3.56. The summed E-state index contributed by atoms with van der Waals surface area (Å²) in [7, 11) is -3.56. The molecule has 2 rings (SSSR count). The van der Waals surface area contributed by atoms with Gasteiger partial charge in [-0.3, -0.25) is 0 Å². The zero-order valence-corrected chi connectivity index (χ0v) is 16.4. The van der Waals surface area contributed by atoms with E-state index in [4.69, 9.17) is 9.47 Å². The lowest BCUT2D eigenvalue weighted by Crippen LogP contribution is -2.28. The van der Waals surface area contributed by atoms with Gasteiger partial charge in [0.05, 0.1) is 11.5 Å². The Morgan fingerprint density at radius 1 is 0.885 bits per heavy atom. The van der Waals surface area contributed by atoms with Gasteiger partial charge in [0.25, 0.3) is 0 Å². The second-order valence-corrected chi connectivity index (χ2v) is 8.01. The molecule has 0 bridgehead atoms. The predicted molar refractivity (Wildman–Crippen MR) is 103 cm³/mol. The largest absolute Gasteiger partial charge is 0.494 e. The molecule has 0 radical (unpaired) electrons. The van der Waals surface area contributed by atoms with Crippen molar-refractivity contribution in [3.63, 3.8) is 0 Å². The zero-order valence-electron chi connectivity index (χ0n) is 15.6. The Morgan fingerprint density at radius 2 is 1.50 bits per heavy atom. The van der Waals surface area contributed by atoms with Crippen LogP contribution in [0.2, 0.25) is 0 Å². The van der Waals surface area contributed by atoms with Gasteiger partial charge in [0, 0.05) is 6.54 Å². The van der Waals surface area contributed by atoms with Crippen LogP contribution in [0.3, 0.4) is 0 Å². The zero-order chi connectivity index (χ0) is 19.0. The van der Waals surface area contributed by atoms with Gasteiger partial charge in [-0.05, 0) is 67.8 Å². The molecule has 0 fully saturated rings. The van der Waals surface area contributed by atoms with Crippen molar-refractivity contribution in [1.29, 1.82) is 0 Å². The molecular formula is C20H27NO4S. The van der Waals surface area contributed by atoms with Crippen LogP contribution in [0.5, 0.6) is 11.5 Å². The first-order valence-electron chi connectivity index (χ1n) is 8.84. The molecule has 5 nitrogen and oxygen atoms in total. The molecular weight excluding hydrogens is 350 g/mol. The highest BCUT2D eigenvalue weighted by Gasteiger charge is 2.13. The van der Waals surface area contributed by atoms with Crippen LogP contribution < -0.4 is 14.2 Å². The van der Waals surface area contributed by atoms with Crippen LogP contribution in [0.4, 0.5) is 0 Å². The van der Waals surface area contributed by atoms with E-state index in [0.29, 0.717) is 12.4 Å². The molecule has 0 aliphatic rings. The highest BCUT2D eigenvalue weighted by molar-refractivity contribution is 7.89. The molecule has 26 heavy (non-hydrogen) atoms. The highest BCUT2D eigenvalue weighted by atomic mass is 32.2. The number of benzene rings is 2. The van der Waals surface area contributed by atoms with Crippen molar-refractivity contribution in [3.8, 4) is 11.5 Å². The summed E-state index contributed by atoms with van der Waals surface area (Å²) in [6, 6.07) is 12.4. The van der Waals surface area contributed by atoms with E-state index < -0.39 is 10.0 Å². The number of sulfonamides is 1. The van der Waals surface area contributed by atoms with Crippen LogP contribution in [-0.2, 0) is 10.0 Å². The Hall–Kier alpha value is -2.05. The third-order valence-electron chi connectivity index (χ3n) is 3.76. The molecule has 0 heterocycles. The molecule has 0 aliphatic heterocycles. The van der Waals surface area contributed by atoms with Crippen molar-refractivity contribution in [1.82, 2.24) is 4.72 Å². The van der Waals surface area contributed by atoms with E-state index in [9.17, 15) is 8.42 Å².